The van der Waals surface area contributed by atoms with Gasteiger partial charge in [0.15, 0.2) is 5.79 Å². The van der Waals surface area contributed by atoms with E-state index in [-0.39, 0.29) is 5.79 Å². The molecule has 114 valence electrons. The van der Waals surface area contributed by atoms with Gasteiger partial charge in [-0.15, -0.1) is 0 Å². The molecule has 0 radical (unpaired) electrons. The predicted octanol–water partition coefficient (Wildman–Crippen LogP) is 2.85. The van der Waals surface area contributed by atoms with Gasteiger partial charge in [0.05, 0.1) is 24.8 Å². The Balaban J connectivity index is 1.60. The SMILES string of the molecule is C=CCOc1ccc(CN2CCC3(C2)OCCO3)cc1Cl. The lowest BCUT2D eigenvalue weighted by molar-refractivity contribution is -0.145. The molecule has 0 saturated carbocycles. The highest BCUT2D eigenvalue weighted by Gasteiger charge is 2.43. The molecule has 2 heterocycles. The monoisotopic (exact) mass is 309 g/mol. The van der Waals surface area contributed by atoms with Crippen molar-refractivity contribution in [3.05, 3.63) is 41.4 Å². The van der Waals surface area contributed by atoms with Crippen LogP contribution >= 0.6 is 11.6 Å². The van der Waals surface area contributed by atoms with Gasteiger partial charge in [-0.05, 0) is 17.7 Å². The van der Waals surface area contributed by atoms with E-state index in [0.29, 0.717) is 30.6 Å². The molecule has 1 spiro atoms. The van der Waals surface area contributed by atoms with Gasteiger partial charge in [-0.1, -0.05) is 30.3 Å². The summed E-state index contributed by atoms with van der Waals surface area (Å²) in [5.74, 6) is 0.331. The second kappa shape index (κ2) is 6.36. The van der Waals surface area contributed by atoms with Crippen LogP contribution in [-0.4, -0.2) is 43.6 Å². The Kier molecular flexibility index (Phi) is 4.50. The first-order chi connectivity index (χ1) is 10.2. The summed E-state index contributed by atoms with van der Waals surface area (Å²) in [5, 5.41) is 0.636. The molecule has 21 heavy (non-hydrogen) atoms. The zero-order valence-electron chi connectivity index (χ0n) is 12.0. The zero-order chi connectivity index (χ0) is 14.7. The lowest BCUT2D eigenvalue weighted by Gasteiger charge is -2.22. The molecule has 0 bridgehead atoms. The van der Waals surface area contributed by atoms with Crippen molar-refractivity contribution in [2.45, 2.75) is 18.8 Å². The molecule has 0 unspecified atom stereocenters. The van der Waals surface area contributed by atoms with Crippen LogP contribution in [0.1, 0.15) is 12.0 Å². The second-order valence-corrected chi connectivity index (χ2v) is 5.84. The van der Waals surface area contributed by atoms with Crippen LogP contribution < -0.4 is 4.74 Å². The molecule has 5 heteroatoms. The van der Waals surface area contributed by atoms with E-state index in [9.17, 15) is 0 Å². The van der Waals surface area contributed by atoms with Crippen LogP contribution in [0.15, 0.2) is 30.9 Å². The van der Waals surface area contributed by atoms with Gasteiger partial charge in [0.25, 0.3) is 0 Å². The van der Waals surface area contributed by atoms with Crippen molar-refractivity contribution in [3.63, 3.8) is 0 Å². The highest BCUT2D eigenvalue weighted by molar-refractivity contribution is 6.32. The maximum Gasteiger partial charge on any atom is 0.182 e. The smallest absolute Gasteiger partial charge is 0.182 e. The molecule has 1 aromatic carbocycles. The van der Waals surface area contributed by atoms with Gasteiger partial charge in [-0.25, -0.2) is 0 Å². The van der Waals surface area contributed by atoms with E-state index in [1.54, 1.807) is 6.08 Å². The van der Waals surface area contributed by atoms with Gasteiger partial charge in [0, 0.05) is 19.5 Å². The van der Waals surface area contributed by atoms with Crippen LogP contribution in [0.2, 0.25) is 5.02 Å². The Bertz CT molecular complexity index is 514. The molecule has 2 saturated heterocycles. The molecule has 0 atom stereocenters. The largest absolute Gasteiger partial charge is 0.488 e. The third-order valence-corrected chi connectivity index (χ3v) is 4.14. The molecule has 0 N–H and O–H groups in total. The highest BCUT2D eigenvalue weighted by atomic mass is 35.5. The topological polar surface area (TPSA) is 30.9 Å². The number of halogens is 1. The Morgan fingerprint density at radius 1 is 1.38 bits per heavy atom. The summed E-state index contributed by atoms with van der Waals surface area (Å²) in [5.41, 5.74) is 1.17. The minimum atomic E-state index is -0.364. The number of hydrogen-bond donors (Lipinski definition) is 0. The maximum absolute atomic E-state index is 6.24. The summed E-state index contributed by atoms with van der Waals surface area (Å²) in [7, 11) is 0. The normalized spacial score (nSPS) is 21.0. The third kappa shape index (κ3) is 3.40. The molecule has 4 nitrogen and oxygen atoms in total. The quantitative estimate of drug-likeness (QED) is 0.783. The van der Waals surface area contributed by atoms with E-state index in [0.717, 1.165) is 26.1 Å². The molecule has 0 amide bonds. The molecular formula is C16H20ClNO3. The van der Waals surface area contributed by atoms with E-state index in [2.05, 4.69) is 11.5 Å². The Hall–Kier alpha value is -1.07. The standard InChI is InChI=1S/C16H20ClNO3/c1-2-7-19-15-4-3-13(10-14(15)17)11-18-6-5-16(12-18)20-8-9-21-16/h2-4,10H,1,5-9,11-12H2. The summed E-state index contributed by atoms with van der Waals surface area (Å²) in [6.45, 7) is 8.14. The second-order valence-electron chi connectivity index (χ2n) is 5.43. The molecule has 2 aliphatic rings. The average molecular weight is 310 g/mol. The highest BCUT2D eigenvalue weighted by Crippen LogP contribution is 2.32. The van der Waals surface area contributed by atoms with E-state index < -0.39 is 0 Å². The van der Waals surface area contributed by atoms with Gasteiger partial charge in [-0.3, -0.25) is 4.90 Å². The maximum atomic E-state index is 6.24. The minimum absolute atomic E-state index is 0.364. The third-order valence-electron chi connectivity index (χ3n) is 3.85. The number of likely N-dealkylation sites (tertiary alicyclic amines) is 1. The first-order valence-corrected chi connectivity index (χ1v) is 7.61. The van der Waals surface area contributed by atoms with Crippen molar-refractivity contribution >= 4 is 11.6 Å². The summed E-state index contributed by atoms with van der Waals surface area (Å²) >= 11 is 6.24. The van der Waals surface area contributed by atoms with Crippen LogP contribution in [0.25, 0.3) is 0 Å². The lowest BCUT2D eigenvalue weighted by Crippen LogP contribution is -2.34. The fraction of sp³-hybridized carbons (Fsp3) is 0.500. The number of ether oxygens (including phenoxy) is 3. The van der Waals surface area contributed by atoms with Gasteiger partial charge in [0.1, 0.15) is 12.4 Å². The first-order valence-electron chi connectivity index (χ1n) is 7.23. The van der Waals surface area contributed by atoms with E-state index in [1.807, 2.05) is 18.2 Å². The van der Waals surface area contributed by atoms with Crippen molar-refractivity contribution in [1.29, 1.82) is 0 Å². The summed E-state index contributed by atoms with van der Waals surface area (Å²) in [6, 6.07) is 5.92. The fourth-order valence-electron chi connectivity index (χ4n) is 2.86. The van der Waals surface area contributed by atoms with E-state index >= 15 is 0 Å². The summed E-state index contributed by atoms with van der Waals surface area (Å²) in [6.07, 6.45) is 2.64. The molecule has 1 aromatic rings. The molecule has 2 aliphatic heterocycles. The van der Waals surface area contributed by atoms with Gasteiger partial charge < -0.3 is 14.2 Å². The lowest BCUT2D eigenvalue weighted by atomic mass is 10.2. The van der Waals surface area contributed by atoms with E-state index in [4.69, 9.17) is 25.8 Å². The van der Waals surface area contributed by atoms with Crippen LogP contribution in [0.4, 0.5) is 0 Å². The zero-order valence-corrected chi connectivity index (χ0v) is 12.8. The predicted molar refractivity (Wildman–Crippen MR) is 81.7 cm³/mol. The average Bonchev–Trinajstić information content (AvgIpc) is 3.09. The van der Waals surface area contributed by atoms with Crippen molar-refractivity contribution in [2.24, 2.45) is 0 Å². The summed E-state index contributed by atoms with van der Waals surface area (Å²) < 4.78 is 17.0. The number of nitrogens with zero attached hydrogens (tertiary/aromatic N) is 1. The Morgan fingerprint density at radius 3 is 2.90 bits per heavy atom. The number of benzene rings is 1. The van der Waals surface area contributed by atoms with Crippen molar-refractivity contribution in [3.8, 4) is 5.75 Å². The van der Waals surface area contributed by atoms with E-state index in [1.165, 1.54) is 5.56 Å². The van der Waals surface area contributed by atoms with Crippen molar-refractivity contribution < 1.29 is 14.2 Å². The fourth-order valence-corrected chi connectivity index (χ4v) is 3.12. The van der Waals surface area contributed by atoms with Crippen LogP contribution in [-0.2, 0) is 16.0 Å². The van der Waals surface area contributed by atoms with Crippen LogP contribution in [0, 0.1) is 0 Å². The molecule has 0 aliphatic carbocycles. The Morgan fingerprint density at radius 2 is 2.19 bits per heavy atom. The summed E-state index contributed by atoms with van der Waals surface area (Å²) in [4.78, 5) is 2.33. The van der Waals surface area contributed by atoms with Gasteiger partial charge >= 0.3 is 0 Å². The van der Waals surface area contributed by atoms with Crippen molar-refractivity contribution in [1.82, 2.24) is 4.90 Å². The van der Waals surface area contributed by atoms with Crippen LogP contribution in [0.5, 0.6) is 5.75 Å². The molecule has 2 fully saturated rings. The number of hydrogen-bond acceptors (Lipinski definition) is 4. The van der Waals surface area contributed by atoms with Gasteiger partial charge in [0.2, 0.25) is 0 Å². The first kappa shape index (κ1) is 14.9. The number of rotatable bonds is 5. The molecule has 3 rings (SSSR count). The minimum Gasteiger partial charge on any atom is -0.488 e. The molecule has 0 aromatic heterocycles. The van der Waals surface area contributed by atoms with Gasteiger partial charge in [-0.2, -0.15) is 0 Å². The van der Waals surface area contributed by atoms with Crippen molar-refractivity contribution in [2.75, 3.05) is 32.9 Å². The Labute approximate surface area is 130 Å². The molecular weight excluding hydrogens is 290 g/mol. The van der Waals surface area contributed by atoms with Crippen LogP contribution in [0.3, 0.4) is 0 Å².